The Morgan fingerprint density at radius 3 is 2.33 bits per heavy atom. The number of nitrogens with one attached hydrogen (secondary N) is 1. The van der Waals surface area contributed by atoms with Crippen LogP contribution in [0.2, 0.25) is 0 Å². The Labute approximate surface area is 162 Å². The van der Waals surface area contributed by atoms with Crippen LogP contribution in [-0.2, 0) is 11.2 Å². The van der Waals surface area contributed by atoms with E-state index in [9.17, 15) is 14.7 Å². The van der Waals surface area contributed by atoms with Crippen molar-refractivity contribution in [3.63, 3.8) is 0 Å². The third-order valence-corrected chi connectivity index (χ3v) is 4.67. The van der Waals surface area contributed by atoms with Crippen molar-refractivity contribution in [3.8, 4) is 0 Å². The van der Waals surface area contributed by atoms with E-state index in [1.54, 1.807) is 30.3 Å². The largest absolute Gasteiger partial charge is 0.464 e. The number of amides is 2. The highest BCUT2D eigenvalue weighted by atomic mass is 35.5. The number of rotatable bonds is 5. The van der Waals surface area contributed by atoms with Gasteiger partial charge in [-0.3, -0.25) is 10.1 Å². The van der Waals surface area contributed by atoms with E-state index in [0.717, 1.165) is 5.56 Å². The first kappa shape index (κ1) is 18.8. The average Bonchev–Trinajstić information content (AvgIpc) is 2.68. The van der Waals surface area contributed by atoms with Crippen LogP contribution < -0.4 is 5.32 Å². The Morgan fingerprint density at radius 1 is 1.15 bits per heavy atom. The number of carbonyl (C=O) groups is 2. The summed E-state index contributed by atoms with van der Waals surface area (Å²) in [5.41, 5.74) is 1.73. The summed E-state index contributed by atoms with van der Waals surface area (Å²) in [5, 5.41) is 12.7. The van der Waals surface area contributed by atoms with E-state index >= 15 is 0 Å². The maximum absolute atomic E-state index is 12.9. The number of nitrogens with zero attached hydrogens (tertiary/aromatic N) is 2. The van der Waals surface area contributed by atoms with Crippen molar-refractivity contribution < 1.29 is 19.3 Å². The van der Waals surface area contributed by atoms with Crippen LogP contribution in [0.4, 0.5) is 4.79 Å². The molecule has 1 atom stereocenters. The lowest BCUT2D eigenvalue weighted by atomic mass is 10.1. The zero-order chi connectivity index (χ0) is 19.4. The van der Waals surface area contributed by atoms with Crippen molar-refractivity contribution in [2.75, 3.05) is 6.54 Å². The molecule has 27 heavy (non-hydrogen) atoms. The van der Waals surface area contributed by atoms with E-state index in [-0.39, 0.29) is 10.9 Å². The van der Waals surface area contributed by atoms with Gasteiger partial charge < -0.3 is 5.11 Å². The fourth-order valence-corrected chi connectivity index (χ4v) is 3.23. The summed E-state index contributed by atoms with van der Waals surface area (Å²) in [7, 11) is 0. The first-order chi connectivity index (χ1) is 13.0. The quantitative estimate of drug-likeness (QED) is 0.614. The molecule has 0 radical (unpaired) electrons. The molecule has 0 bridgehead atoms. The summed E-state index contributed by atoms with van der Waals surface area (Å²) in [4.78, 5) is 25.3. The van der Waals surface area contributed by atoms with Crippen LogP contribution in [0.3, 0.4) is 0 Å². The van der Waals surface area contributed by atoms with Gasteiger partial charge in [0.25, 0.3) is 6.17 Å². The lowest BCUT2D eigenvalue weighted by Gasteiger charge is -2.28. The number of hydrogen-bond donors (Lipinski definition) is 2. The molecule has 1 aliphatic rings. The van der Waals surface area contributed by atoms with Crippen molar-refractivity contribution in [1.29, 1.82) is 0 Å². The molecule has 3 rings (SSSR count). The third kappa shape index (κ3) is 3.92. The van der Waals surface area contributed by atoms with Gasteiger partial charge in [-0.1, -0.05) is 60.7 Å². The van der Waals surface area contributed by atoms with Crippen LogP contribution in [-0.4, -0.2) is 46.0 Å². The van der Waals surface area contributed by atoms with Gasteiger partial charge in [0.15, 0.2) is 0 Å². The van der Waals surface area contributed by atoms with Crippen molar-refractivity contribution in [3.05, 3.63) is 76.9 Å². The minimum Gasteiger partial charge on any atom is -0.464 e. The normalized spacial score (nSPS) is 17.4. The molecule has 1 aliphatic heterocycles. The molecule has 2 amide bonds. The lowest BCUT2D eigenvalue weighted by Crippen LogP contribution is -2.56. The van der Waals surface area contributed by atoms with Crippen LogP contribution in [0.15, 0.2) is 65.8 Å². The Kier molecular flexibility index (Phi) is 5.69. The second-order valence-corrected chi connectivity index (χ2v) is 6.38. The molecule has 0 spiro atoms. The topological polar surface area (TPSA) is 72.6 Å². The van der Waals surface area contributed by atoms with E-state index in [1.807, 2.05) is 30.3 Å². The molecule has 2 aromatic rings. The lowest BCUT2D eigenvalue weighted by molar-refractivity contribution is -0.496. The number of carbonyl (C=O) groups excluding carboxylic acids is 1. The summed E-state index contributed by atoms with van der Waals surface area (Å²) in [6.07, 6.45) is -1.68. The van der Waals surface area contributed by atoms with Crippen molar-refractivity contribution in [1.82, 2.24) is 10.2 Å². The molecule has 0 aliphatic carbocycles. The molecule has 1 heterocycles. The smallest absolute Gasteiger partial charge is 0.419 e. The summed E-state index contributed by atoms with van der Waals surface area (Å²) in [6.45, 7) is 4.31. The summed E-state index contributed by atoms with van der Waals surface area (Å²) in [5.74, 6) is -0.645. The number of imide groups is 1. The van der Waals surface area contributed by atoms with Crippen LogP contribution in [0, 0.1) is 0 Å². The Bertz CT molecular complexity index is 897. The van der Waals surface area contributed by atoms with Crippen LogP contribution in [0.1, 0.15) is 11.1 Å². The van der Waals surface area contributed by atoms with E-state index < -0.39 is 18.2 Å². The van der Waals surface area contributed by atoms with Gasteiger partial charge in [0.2, 0.25) is 0 Å². The Hall–Kier alpha value is -2.96. The molecule has 0 saturated carbocycles. The van der Waals surface area contributed by atoms with Gasteiger partial charge in [0.1, 0.15) is 12.4 Å². The fourth-order valence-electron chi connectivity index (χ4n) is 2.94. The highest BCUT2D eigenvalue weighted by Crippen LogP contribution is 2.31. The second kappa shape index (κ2) is 8.16. The van der Waals surface area contributed by atoms with Crippen molar-refractivity contribution >= 4 is 36.0 Å². The molecule has 138 valence electrons. The van der Waals surface area contributed by atoms with Gasteiger partial charge in [-0.15, -0.1) is 0 Å². The SMILES string of the molecule is C=[N+]1C(Cl)=C(c2ccccc2)N(C(=O)O)C(=O)C1NCCc1ccccc1. The zero-order valence-electron chi connectivity index (χ0n) is 14.5. The molecule has 0 aromatic heterocycles. The van der Waals surface area contributed by atoms with Crippen molar-refractivity contribution in [2.45, 2.75) is 12.6 Å². The van der Waals surface area contributed by atoms with E-state index in [2.05, 4.69) is 12.0 Å². The molecule has 7 heteroatoms. The van der Waals surface area contributed by atoms with Gasteiger partial charge in [-0.05, 0) is 23.6 Å². The van der Waals surface area contributed by atoms with Gasteiger partial charge in [-0.2, -0.15) is 9.48 Å². The van der Waals surface area contributed by atoms with Gasteiger partial charge in [0, 0.05) is 12.1 Å². The van der Waals surface area contributed by atoms with E-state index in [1.165, 1.54) is 4.58 Å². The van der Waals surface area contributed by atoms with E-state index in [4.69, 9.17) is 11.6 Å². The summed E-state index contributed by atoms with van der Waals surface area (Å²) in [6, 6.07) is 18.4. The van der Waals surface area contributed by atoms with Gasteiger partial charge in [0.05, 0.1) is 0 Å². The van der Waals surface area contributed by atoms with Crippen molar-refractivity contribution in [2.24, 2.45) is 0 Å². The minimum absolute atomic E-state index is 0.0837. The number of benzene rings is 2. The number of carboxylic acid groups (broad SMARTS) is 1. The Balaban J connectivity index is 1.86. The summed E-state index contributed by atoms with van der Waals surface area (Å²) >= 11 is 6.41. The maximum Gasteiger partial charge on any atom is 0.419 e. The monoisotopic (exact) mass is 384 g/mol. The molecular weight excluding hydrogens is 366 g/mol. The third-order valence-electron chi connectivity index (χ3n) is 4.27. The zero-order valence-corrected chi connectivity index (χ0v) is 15.3. The van der Waals surface area contributed by atoms with Crippen LogP contribution in [0.25, 0.3) is 5.70 Å². The standard InChI is InChI=1S/C20H18ClN3O3/c1-23-17(21)16(15-10-6-3-7-11-15)24(20(26)27)19(25)18(23)22-13-12-14-8-4-2-5-9-14/h2-11,18,22H,1,12-13H2/p+1. The molecule has 0 fully saturated rings. The summed E-state index contributed by atoms with van der Waals surface area (Å²) < 4.78 is 1.32. The van der Waals surface area contributed by atoms with Gasteiger partial charge in [-0.25, -0.2) is 4.79 Å². The highest BCUT2D eigenvalue weighted by Gasteiger charge is 2.46. The molecule has 2 N–H and O–H groups in total. The molecule has 1 unspecified atom stereocenters. The molecule has 6 nitrogen and oxygen atoms in total. The van der Waals surface area contributed by atoms with Crippen LogP contribution >= 0.6 is 11.6 Å². The molecule has 2 aromatic carbocycles. The van der Waals surface area contributed by atoms with E-state index in [0.29, 0.717) is 23.4 Å². The first-order valence-electron chi connectivity index (χ1n) is 8.40. The first-order valence-corrected chi connectivity index (χ1v) is 8.77. The average molecular weight is 385 g/mol. The predicted molar refractivity (Wildman–Crippen MR) is 103 cm³/mol. The molecule has 0 saturated heterocycles. The fraction of sp³-hybridized carbons (Fsp3) is 0.150. The predicted octanol–water partition coefficient (Wildman–Crippen LogP) is 2.94. The Morgan fingerprint density at radius 2 is 1.74 bits per heavy atom. The highest BCUT2D eigenvalue weighted by molar-refractivity contribution is 6.32. The van der Waals surface area contributed by atoms with Crippen LogP contribution in [0.5, 0.6) is 0 Å². The minimum atomic E-state index is -1.39. The van der Waals surface area contributed by atoms with Gasteiger partial charge >= 0.3 is 17.2 Å². The second-order valence-electron chi connectivity index (χ2n) is 6.02. The number of hydrogen-bond acceptors (Lipinski definition) is 3. The molecular formula is C20H19ClN3O3+. The maximum atomic E-state index is 12.9. The number of halogens is 1.